The number of benzene rings is 2. The number of ether oxygens (including phenoxy) is 3. The van der Waals surface area contributed by atoms with Crippen molar-refractivity contribution in [1.29, 1.82) is 0 Å². The van der Waals surface area contributed by atoms with Gasteiger partial charge in [-0.05, 0) is 61.4 Å². The highest BCUT2D eigenvalue weighted by Crippen LogP contribution is 2.38. The Hall–Kier alpha value is -2.64. The highest BCUT2D eigenvalue weighted by atomic mass is 79.9. The van der Waals surface area contributed by atoms with Gasteiger partial charge in [-0.15, -0.1) is 0 Å². The Balaban J connectivity index is 1.93. The lowest BCUT2D eigenvalue weighted by Crippen LogP contribution is -2.09. The highest BCUT2D eigenvalue weighted by Gasteiger charge is 2.25. The molecule has 0 N–H and O–H groups in total. The fourth-order valence-corrected chi connectivity index (χ4v) is 3.21. The van der Waals surface area contributed by atoms with E-state index >= 15 is 0 Å². The second-order valence-electron chi connectivity index (χ2n) is 6.33. The molecule has 0 saturated heterocycles. The van der Waals surface area contributed by atoms with Crippen molar-refractivity contribution >= 4 is 51.4 Å². The molecule has 8 heteroatoms. The van der Waals surface area contributed by atoms with E-state index in [1.54, 1.807) is 37.3 Å². The van der Waals surface area contributed by atoms with Gasteiger partial charge in [-0.25, -0.2) is 9.79 Å². The third-order valence-corrected chi connectivity index (χ3v) is 4.83. The van der Waals surface area contributed by atoms with Crippen molar-refractivity contribution in [2.75, 3.05) is 6.61 Å². The van der Waals surface area contributed by atoms with Gasteiger partial charge in [-0.3, -0.25) is 4.79 Å². The van der Waals surface area contributed by atoms with Gasteiger partial charge in [0.15, 0.2) is 17.2 Å². The van der Waals surface area contributed by atoms with E-state index in [9.17, 15) is 9.59 Å². The zero-order valence-corrected chi connectivity index (χ0v) is 18.7. The number of carbonyl (C=O) groups is 2. The van der Waals surface area contributed by atoms with Gasteiger partial charge in [-0.2, -0.15) is 0 Å². The molecule has 0 amide bonds. The number of carbonyl (C=O) groups excluding carboxylic acids is 2. The average molecular weight is 493 g/mol. The fourth-order valence-electron chi connectivity index (χ4n) is 2.69. The maximum atomic E-state index is 12.3. The maximum Gasteiger partial charge on any atom is 0.363 e. The van der Waals surface area contributed by atoms with Crippen molar-refractivity contribution in [3.05, 3.63) is 62.7 Å². The summed E-state index contributed by atoms with van der Waals surface area (Å²) in [5, 5.41) is 0.195. The molecule has 30 heavy (non-hydrogen) atoms. The van der Waals surface area contributed by atoms with Crippen LogP contribution in [0.1, 0.15) is 37.8 Å². The van der Waals surface area contributed by atoms with Crippen molar-refractivity contribution in [2.45, 2.75) is 26.7 Å². The predicted molar refractivity (Wildman–Crippen MR) is 118 cm³/mol. The number of halogens is 2. The third-order valence-electron chi connectivity index (χ3n) is 4.02. The quantitative estimate of drug-likeness (QED) is 0.288. The average Bonchev–Trinajstić information content (AvgIpc) is 3.06. The predicted octanol–water partition coefficient (Wildman–Crippen LogP) is 5.55. The first kappa shape index (κ1) is 22.1. The van der Waals surface area contributed by atoms with Crippen molar-refractivity contribution < 1.29 is 23.8 Å². The first-order valence-corrected chi connectivity index (χ1v) is 10.5. The Labute approximate surface area is 187 Å². The Kier molecular flexibility index (Phi) is 7.29. The molecule has 1 aliphatic heterocycles. The Morgan fingerprint density at radius 3 is 2.63 bits per heavy atom. The van der Waals surface area contributed by atoms with Crippen LogP contribution in [0.3, 0.4) is 0 Å². The first-order chi connectivity index (χ1) is 14.4. The monoisotopic (exact) mass is 491 g/mol. The van der Waals surface area contributed by atoms with Gasteiger partial charge in [0.2, 0.25) is 5.90 Å². The van der Waals surface area contributed by atoms with Crippen LogP contribution < -0.4 is 9.47 Å². The molecule has 0 atom stereocenters. The van der Waals surface area contributed by atoms with Gasteiger partial charge in [0, 0.05) is 16.5 Å². The summed E-state index contributed by atoms with van der Waals surface area (Å²) >= 11 is 9.70. The number of rotatable bonds is 7. The molecule has 0 spiro atoms. The van der Waals surface area contributed by atoms with E-state index in [1.165, 1.54) is 0 Å². The van der Waals surface area contributed by atoms with E-state index in [4.69, 9.17) is 25.8 Å². The number of aliphatic imine (C=N–C) groups is 1. The maximum absolute atomic E-state index is 12.3. The van der Waals surface area contributed by atoms with Gasteiger partial charge in [0.1, 0.15) is 0 Å². The Bertz CT molecular complexity index is 1030. The molecular weight excluding hydrogens is 474 g/mol. The van der Waals surface area contributed by atoms with Crippen molar-refractivity contribution in [3.8, 4) is 11.5 Å². The van der Waals surface area contributed by atoms with Crippen LogP contribution in [-0.2, 0) is 14.3 Å². The summed E-state index contributed by atoms with van der Waals surface area (Å²) in [7, 11) is 0. The second-order valence-corrected chi connectivity index (χ2v) is 7.65. The summed E-state index contributed by atoms with van der Waals surface area (Å²) in [5.74, 6) is -0.271. The minimum Gasteiger partial charge on any atom is -0.490 e. The van der Waals surface area contributed by atoms with E-state index in [1.807, 2.05) is 19.1 Å². The molecule has 2 aromatic rings. The van der Waals surface area contributed by atoms with Crippen LogP contribution in [0.2, 0.25) is 5.02 Å². The fraction of sp³-hybridized carbons (Fsp3) is 0.227. The van der Waals surface area contributed by atoms with E-state index in [0.29, 0.717) is 29.9 Å². The molecular formula is C22H19BrClNO5. The number of hydrogen-bond donors (Lipinski definition) is 0. The smallest absolute Gasteiger partial charge is 0.363 e. The van der Waals surface area contributed by atoms with Crippen LogP contribution in [0.25, 0.3) is 6.08 Å². The molecule has 3 rings (SSSR count). The lowest BCUT2D eigenvalue weighted by atomic mass is 10.1. The van der Waals surface area contributed by atoms with Crippen LogP contribution in [-0.4, -0.2) is 24.4 Å². The molecule has 156 valence electrons. The van der Waals surface area contributed by atoms with Gasteiger partial charge in [0.25, 0.3) is 0 Å². The zero-order chi connectivity index (χ0) is 21.7. The largest absolute Gasteiger partial charge is 0.490 e. The van der Waals surface area contributed by atoms with Crippen LogP contribution in [0.4, 0.5) is 0 Å². The van der Waals surface area contributed by atoms with E-state index in [2.05, 4.69) is 20.9 Å². The lowest BCUT2D eigenvalue weighted by molar-refractivity contribution is -0.134. The molecule has 0 unspecified atom stereocenters. The zero-order valence-electron chi connectivity index (χ0n) is 16.4. The standard InChI is InChI=1S/C22H19BrClNO5/c1-3-5-19(26)29-20-16(24)10-13(12-18(20)28-4-2)11-17-22(27)30-21(25-17)14-6-8-15(23)9-7-14/h6-12H,3-5H2,1-2H3/b17-11-. The Morgan fingerprint density at radius 1 is 1.23 bits per heavy atom. The summed E-state index contributed by atoms with van der Waals surface area (Å²) in [6.07, 6.45) is 2.47. The summed E-state index contributed by atoms with van der Waals surface area (Å²) in [6, 6.07) is 10.5. The van der Waals surface area contributed by atoms with E-state index in [-0.39, 0.29) is 28.8 Å². The minimum atomic E-state index is -0.569. The molecule has 6 nitrogen and oxygen atoms in total. The molecule has 0 bridgehead atoms. The molecule has 1 aliphatic rings. The van der Waals surface area contributed by atoms with Crippen LogP contribution >= 0.6 is 27.5 Å². The molecule has 1 heterocycles. The highest BCUT2D eigenvalue weighted by molar-refractivity contribution is 9.10. The summed E-state index contributed by atoms with van der Waals surface area (Å²) in [4.78, 5) is 28.4. The van der Waals surface area contributed by atoms with Crippen LogP contribution in [0, 0.1) is 0 Å². The molecule has 0 aromatic heterocycles. The molecule has 0 aliphatic carbocycles. The van der Waals surface area contributed by atoms with E-state index in [0.717, 1.165) is 4.47 Å². The topological polar surface area (TPSA) is 74.2 Å². The Morgan fingerprint density at radius 2 is 1.97 bits per heavy atom. The van der Waals surface area contributed by atoms with Crippen molar-refractivity contribution in [1.82, 2.24) is 0 Å². The number of cyclic esters (lactones) is 1. The number of nitrogens with zero attached hydrogens (tertiary/aromatic N) is 1. The number of hydrogen-bond acceptors (Lipinski definition) is 6. The van der Waals surface area contributed by atoms with Crippen LogP contribution in [0.5, 0.6) is 11.5 Å². The third kappa shape index (κ3) is 5.29. The SMILES string of the molecule is CCCC(=O)Oc1c(Cl)cc(/C=C2\N=C(c3ccc(Br)cc3)OC2=O)cc1OCC. The summed E-state index contributed by atoms with van der Waals surface area (Å²) in [6.45, 7) is 4.04. The normalized spacial score (nSPS) is 14.5. The molecule has 0 saturated carbocycles. The molecule has 0 fully saturated rings. The number of esters is 2. The van der Waals surface area contributed by atoms with Crippen molar-refractivity contribution in [2.24, 2.45) is 4.99 Å². The minimum absolute atomic E-state index is 0.127. The first-order valence-electron chi connectivity index (χ1n) is 9.36. The van der Waals surface area contributed by atoms with Gasteiger partial charge in [0.05, 0.1) is 11.6 Å². The lowest BCUT2D eigenvalue weighted by Gasteiger charge is -2.13. The van der Waals surface area contributed by atoms with Gasteiger partial charge >= 0.3 is 11.9 Å². The summed E-state index contributed by atoms with van der Waals surface area (Å²) < 4.78 is 17.1. The van der Waals surface area contributed by atoms with Gasteiger partial charge < -0.3 is 14.2 Å². The second kappa shape index (κ2) is 9.91. The van der Waals surface area contributed by atoms with Crippen LogP contribution in [0.15, 0.2) is 51.6 Å². The van der Waals surface area contributed by atoms with Gasteiger partial charge in [-0.1, -0.05) is 34.5 Å². The molecule has 0 radical (unpaired) electrons. The molecule has 2 aromatic carbocycles. The summed E-state index contributed by atoms with van der Waals surface area (Å²) in [5.41, 5.74) is 1.37. The van der Waals surface area contributed by atoms with Crippen molar-refractivity contribution in [3.63, 3.8) is 0 Å². The van der Waals surface area contributed by atoms with E-state index < -0.39 is 11.9 Å².